The van der Waals surface area contributed by atoms with Crippen molar-refractivity contribution in [1.29, 1.82) is 0 Å². The number of anilines is 3. The Morgan fingerprint density at radius 3 is 2.23 bits per heavy atom. The highest BCUT2D eigenvalue weighted by Crippen LogP contribution is 2.48. The molecule has 0 spiro atoms. The molecule has 252 valence electrons. The number of rotatable bonds is 4. The van der Waals surface area contributed by atoms with E-state index in [4.69, 9.17) is 0 Å². The lowest BCUT2D eigenvalue weighted by Crippen LogP contribution is -2.26. The third kappa shape index (κ3) is 4.45. The Bertz CT molecular complexity index is 2990. The summed E-state index contributed by atoms with van der Waals surface area (Å²) in [5, 5.41) is 7.58. The lowest BCUT2D eigenvalue weighted by Gasteiger charge is -2.34. The van der Waals surface area contributed by atoms with Gasteiger partial charge in [0, 0.05) is 32.9 Å². The number of benzene rings is 8. The first-order valence-corrected chi connectivity index (χ1v) is 18.8. The summed E-state index contributed by atoms with van der Waals surface area (Å²) in [7, 11) is 0. The van der Waals surface area contributed by atoms with Gasteiger partial charge in [0.1, 0.15) is 0 Å². The van der Waals surface area contributed by atoms with Gasteiger partial charge >= 0.3 is 0 Å². The number of aromatic nitrogens is 1. The van der Waals surface area contributed by atoms with Crippen LogP contribution < -0.4 is 4.90 Å². The molecule has 2 heterocycles. The number of para-hydroxylation sites is 2. The Hall–Kier alpha value is -6.38. The third-order valence-electron chi connectivity index (χ3n) is 12.0. The van der Waals surface area contributed by atoms with Gasteiger partial charge in [0.25, 0.3) is 0 Å². The summed E-state index contributed by atoms with van der Waals surface area (Å²) in [6, 6.07) is 58.9. The van der Waals surface area contributed by atoms with Crippen LogP contribution in [0.4, 0.5) is 17.1 Å². The van der Waals surface area contributed by atoms with Crippen LogP contribution in [-0.4, -0.2) is 4.57 Å². The lowest BCUT2D eigenvalue weighted by molar-refractivity contribution is 0.630. The van der Waals surface area contributed by atoms with Gasteiger partial charge in [-0.25, -0.2) is 0 Å². The fraction of sp³-hybridized carbons (Fsp3) is 0.0980. The van der Waals surface area contributed by atoms with Crippen molar-refractivity contribution < 1.29 is 0 Å². The SMILES string of the molecule is CC1(C)c2ccccc2-n2c3ccc(-c4ccc5cc(N(c6cccc7c6CCC=C7)c6cccc7ccccc67)ccc5c4)cc3c3cccc1c32. The molecule has 0 saturated heterocycles. The Kier molecular flexibility index (Phi) is 6.46. The fourth-order valence-corrected chi connectivity index (χ4v) is 9.38. The predicted octanol–water partition coefficient (Wildman–Crippen LogP) is 13.8. The van der Waals surface area contributed by atoms with Crippen LogP contribution in [-0.2, 0) is 11.8 Å². The van der Waals surface area contributed by atoms with Gasteiger partial charge in [-0.2, -0.15) is 0 Å². The lowest BCUT2D eigenvalue weighted by atomic mass is 9.75. The standard InChI is InChI=1S/C51H38N2/c1-51(2)44-19-7-8-21-49(44)53-48-29-27-38(32-43(48)42-18-11-20-45(51)50(42)53)35-24-25-37-31-39(28-26-36(37)30-35)52(46-22-9-14-33-12-3-5-16-40(33)46)47-23-10-15-34-13-4-6-17-41(34)47/h3-5,7-16,18-32H,6,17H2,1-2H3. The second-order valence-electron chi connectivity index (χ2n) is 15.3. The molecule has 1 aromatic heterocycles. The van der Waals surface area contributed by atoms with Gasteiger partial charge in [0.15, 0.2) is 0 Å². The topological polar surface area (TPSA) is 8.17 Å². The van der Waals surface area contributed by atoms with Crippen molar-refractivity contribution in [2.75, 3.05) is 4.90 Å². The van der Waals surface area contributed by atoms with Crippen LogP contribution in [0, 0.1) is 0 Å². The fourth-order valence-electron chi connectivity index (χ4n) is 9.38. The molecular weight excluding hydrogens is 641 g/mol. The van der Waals surface area contributed by atoms with Crippen molar-refractivity contribution in [1.82, 2.24) is 4.57 Å². The van der Waals surface area contributed by atoms with Gasteiger partial charge in [-0.05, 0) is 111 Å². The highest BCUT2D eigenvalue weighted by atomic mass is 15.1. The molecule has 1 aliphatic carbocycles. The molecule has 8 aromatic carbocycles. The maximum atomic E-state index is 2.49. The summed E-state index contributed by atoms with van der Waals surface area (Å²) in [4.78, 5) is 2.48. The molecule has 1 aliphatic heterocycles. The maximum absolute atomic E-state index is 2.49. The molecule has 0 bridgehead atoms. The van der Waals surface area contributed by atoms with Crippen LogP contribution in [0.2, 0.25) is 0 Å². The van der Waals surface area contributed by atoms with Crippen molar-refractivity contribution in [2.24, 2.45) is 0 Å². The maximum Gasteiger partial charge on any atom is 0.0582 e. The Balaban J connectivity index is 1.05. The second-order valence-corrected chi connectivity index (χ2v) is 15.3. The molecular formula is C51H38N2. The molecule has 2 heteroatoms. The monoisotopic (exact) mass is 678 g/mol. The number of hydrogen-bond donors (Lipinski definition) is 0. The van der Waals surface area contributed by atoms with Gasteiger partial charge in [0.05, 0.1) is 22.4 Å². The molecule has 0 saturated carbocycles. The minimum Gasteiger partial charge on any atom is -0.310 e. The van der Waals surface area contributed by atoms with Crippen LogP contribution in [0.3, 0.4) is 0 Å². The van der Waals surface area contributed by atoms with Crippen LogP contribution in [0.25, 0.3) is 66.2 Å². The van der Waals surface area contributed by atoms with E-state index in [1.165, 1.54) is 99.5 Å². The molecule has 0 radical (unpaired) electrons. The average molecular weight is 679 g/mol. The van der Waals surface area contributed by atoms with Crippen LogP contribution in [0.5, 0.6) is 0 Å². The highest BCUT2D eigenvalue weighted by Gasteiger charge is 2.34. The second kappa shape index (κ2) is 11.3. The first-order chi connectivity index (χ1) is 26.0. The van der Waals surface area contributed by atoms with E-state index in [-0.39, 0.29) is 5.41 Å². The van der Waals surface area contributed by atoms with E-state index in [1.54, 1.807) is 0 Å². The molecule has 0 atom stereocenters. The van der Waals surface area contributed by atoms with Gasteiger partial charge in [0.2, 0.25) is 0 Å². The van der Waals surface area contributed by atoms with Crippen molar-refractivity contribution in [2.45, 2.75) is 32.1 Å². The molecule has 2 nitrogen and oxygen atoms in total. The Morgan fingerprint density at radius 2 is 1.26 bits per heavy atom. The summed E-state index contributed by atoms with van der Waals surface area (Å²) in [6.07, 6.45) is 6.68. The van der Waals surface area contributed by atoms with E-state index in [0.29, 0.717) is 0 Å². The van der Waals surface area contributed by atoms with E-state index in [1.807, 2.05) is 0 Å². The van der Waals surface area contributed by atoms with E-state index in [2.05, 4.69) is 193 Å². The molecule has 53 heavy (non-hydrogen) atoms. The quantitative estimate of drug-likeness (QED) is 0.180. The molecule has 9 aromatic rings. The minimum atomic E-state index is -0.0688. The summed E-state index contributed by atoms with van der Waals surface area (Å²) >= 11 is 0. The van der Waals surface area contributed by atoms with E-state index in [9.17, 15) is 0 Å². The average Bonchev–Trinajstić information content (AvgIpc) is 3.54. The summed E-state index contributed by atoms with van der Waals surface area (Å²) in [5.74, 6) is 0. The van der Waals surface area contributed by atoms with Crippen molar-refractivity contribution in [3.63, 3.8) is 0 Å². The molecule has 0 N–H and O–H groups in total. The first kappa shape index (κ1) is 30.3. The van der Waals surface area contributed by atoms with Crippen molar-refractivity contribution >= 4 is 66.5 Å². The molecule has 2 aliphatic rings. The number of nitrogens with zero attached hydrogens (tertiary/aromatic N) is 2. The molecule has 0 fully saturated rings. The van der Waals surface area contributed by atoms with Gasteiger partial charge in [-0.1, -0.05) is 135 Å². The zero-order valence-corrected chi connectivity index (χ0v) is 30.0. The summed E-state index contributed by atoms with van der Waals surface area (Å²) in [5.41, 5.74) is 15.4. The predicted molar refractivity (Wildman–Crippen MR) is 225 cm³/mol. The van der Waals surface area contributed by atoms with Crippen molar-refractivity contribution in [3.8, 4) is 16.8 Å². The van der Waals surface area contributed by atoms with Crippen LogP contribution in [0.1, 0.15) is 42.5 Å². The van der Waals surface area contributed by atoms with Crippen LogP contribution in [0.15, 0.2) is 164 Å². The summed E-state index contributed by atoms with van der Waals surface area (Å²) < 4.78 is 2.49. The zero-order valence-electron chi connectivity index (χ0n) is 30.0. The van der Waals surface area contributed by atoms with Gasteiger partial charge < -0.3 is 9.47 Å². The molecule has 0 amide bonds. The Morgan fingerprint density at radius 1 is 0.547 bits per heavy atom. The first-order valence-electron chi connectivity index (χ1n) is 18.8. The number of fused-ring (bicyclic) bond motifs is 8. The summed E-state index contributed by atoms with van der Waals surface area (Å²) in [6.45, 7) is 4.72. The molecule has 0 unspecified atom stereocenters. The van der Waals surface area contributed by atoms with E-state index >= 15 is 0 Å². The van der Waals surface area contributed by atoms with E-state index in [0.717, 1.165) is 12.8 Å². The largest absolute Gasteiger partial charge is 0.310 e. The van der Waals surface area contributed by atoms with Crippen LogP contribution >= 0.6 is 0 Å². The minimum absolute atomic E-state index is 0.0688. The Labute approximate surface area is 309 Å². The van der Waals surface area contributed by atoms with E-state index < -0.39 is 0 Å². The normalized spacial score (nSPS) is 14.2. The number of allylic oxidation sites excluding steroid dienone is 1. The highest BCUT2D eigenvalue weighted by molar-refractivity contribution is 6.13. The van der Waals surface area contributed by atoms with Gasteiger partial charge in [-0.3, -0.25) is 0 Å². The van der Waals surface area contributed by atoms with Gasteiger partial charge in [-0.15, -0.1) is 0 Å². The smallest absolute Gasteiger partial charge is 0.0582 e. The third-order valence-corrected chi connectivity index (χ3v) is 12.0. The number of hydrogen-bond acceptors (Lipinski definition) is 1. The van der Waals surface area contributed by atoms with Crippen molar-refractivity contribution in [3.05, 3.63) is 186 Å². The zero-order chi connectivity index (χ0) is 35.3. The molecule has 11 rings (SSSR count).